The molecule has 0 spiro atoms. The number of rotatable bonds is 6. The molecule has 0 atom stereocenters. The van der Waals surface area contributed by atoms with E-state index >= 15 is 0 Å². The van der Waals surface area contributed by atoms with Crippen LogP contribution in [0.25, 0.3) is 0 Å². The van der Waals surface area contributed by atoms with E-state index in [0.29, 0.717) is 0 Å². The maximum absolute atomic E-state index is 10.9. The summed E-state index contributed by atoms with van der Waals surface area (Å²) in [6.45, 7) is 5.54. The van der Waals surface area contributed by atoms with Gasteiger partial charge >= 0.3 is 11.9 Å². The van der Waals surface area contributed by atoms with Crippen molar-refractivity contribution < 1.29 is 19.1 Å². The monoisotopic (exact) mass is 225 g/mol. The van der Waals surface area contributed by atoms with Crippen molar-refractivity contribution >= 4 is 11.9 Å². The first kappa shape index (κ1) is 14.4. The van der Waals surface area contributed by atoms with Gasteiger partial charge in [-0.15, -0.1) is 0 Å². The Bertz CT molecular complexity index is 251. The zero-order valence-corrected chi connectivity index (χ0v) is 9.86. The first-order valence-electron chi connectivity index (χ1n) is 5.00. The summed E-state index contributed by atoms with van der Waals surface area (Å²) in [6.07, 6.45) is 5.87. The normalized spacial score (nSPS) is 11.2. The maximum Gasteiger partial charge on any atom is 0.330 e. The molecule has 0 heterocycles. The van der Waals surface area contributed by atoms with Crippen LogP contribution in [0, 0.1) is 5.92 Å². The molecule has 4 heteroatoms. The fourth-order valence-corrected chi connectivity index (χ4v) is 0.799. The molecule has 1 radical (unpaired) electrons. The Labute approximate surface area is 95.9 Å². The standard InChI is InChI=1S/C12H17O4/c1-4-6-11(13)15-8-10(3)9-16-12(14)7-5-2/h4-7H,8-9H2,1-3H3. The fraction of sp³-hybridized carbons (Fsp3) is 0.417. The maximum atomic E-state index is 10.9. The van der Waals surface area contributed by atoms with Crippen LogP contribution in [-0.4, -0.2) is 25.2 Å². The third-order valence-corrected chi connectivity index (χ3v) is 1.53. The Morgan fingerprint density at radius 2 is 1.31 bits per heavy atom. The molecular formula is C12H17O4. The fourth-order valence-electron chi connectivity index (χ4n) is 0.799. The summed E-state index contributed by atoms with van der Waals surface area (Å²) in [7, 11) is 0. The van der Waals surface area contributed by atoms with Gasteiger partial charge in [0.1, 0.15) is 13.2 Å². The van der Waals surface area contributed by atoms with Gasteiger partial charge in [-0.1, -0.05) is 19.1 Å². The Morgan fingerprint density at radius 3 is 1.62 bits per heavy atom. The van der Waals surface area contributed by atoms with Crippen molar-refractivity contribution in [2.45, 2.75) is 20.8 Å². The molecule has 0 aliphatic rings. The van der Waals surface area contributed by atoms with Gasteiger partial charge in [0.05, 0.1) is 0 Å². The second-order valence-corrected chi connectivity index (χ2v) is 3.17. The van der Waals surface area contributed by atoms with Crippen LogP contribution >= 0.6 is 0 Å². The summed E-state index contributed by atoms with van der Waals surface area (Å²) in [6, 6.07) is 0. The van der Waals surface area contributed by atoms with Crippen molar-refractivity contribution in [2.24, 2.45) is 0 Å². The number of carbonyl (C=O) groups excluding carboxylic acids is 2. The molecule has 0 aliphatic carbocycles. The largest absolute Gasteiger partial charge is 0.462 e. The SMILES string of the molecule is CC=CC(=O)OC[C](C)COC(=O)C=CC. The minimum atomic E-state index is -0.401. The van der Waals surface area contributed by atoms with Crippen LogP contribution in [0.5, 0.6) is 0 Å². The molecule has 16 heavy (non-hydrogen) atoms. The number of carbonyl (C=O) groups is 2. The van der Waals surface area contributed by atoms with Crippen molar-refractivity contribution in [2.75, 3.05) is 13.2 Å². The molecule has 0 aromatic heterocycles. The van der Waals surface area contributed by atoms with Gasteiger partial charge in [0.25, 0.3) is 0 Å². The molecule has 0 N–H and O–H groups in total. The second-order valence-electron chi connectivity index (χ2n) is 3.17. The molecular weight excluding hydrogens is 208 g/mol. The predicted octanol–water partition coefficient (Wildman–Crippen LogP) is 1.82. The lowest BCUT2D eigenvalue weighted by Gasteiger charge is -2.10. The molecule has 0 saturated carbocycles. The highest BCUT2D eigenvalue weighted by molar-refractivity contribution is 5.82. The van der Waals surface area contributed by atoms with Crippen LogP contribution in [-0.2, 0) is 19.1 Å². The number of ether oxygens (including phenoxy) is 2. The highest BCUT2D eigenvalue weighted by Gasteiger charge is 2.08. The Balaban J connectivity index is 3.70. The quantitative estimate of drug-likeness (QED) is 0.511. The third-order valence-electron chi connectivity index (χ3n) is 1.53. The van der Waals surface area contributed by atoms with Crippen molar-refractivity contribution in [1.29, 1.82) is 0 Å². The molecule has 0 saturated heterocycles. The van der Waals surface area contributed by atoms with Crippen LogP contribution in [0.4, 0.5) is 0 Å². The lowest BCUT2D eigenvalue weighted by Crippen LogP contribution is -2.15. The van der Waals surface area contributed by atoms with E-state index in [0.717, 1.165) is 5.92 Å². The lowest BCUT2D eigenvalue weighted by molar-refractivity contribution is -0.139. The Morgan fingerprint density at radius 1 is 0.938 bits per heavy atom. The van der Waals surface area contributed by atoms with Crippen LogP contribution < -0.4 is 0 Å². The molecule has 0 bridgehead atoms. The van der Waals surface area contributed by atoms with E-state index < -0.39 is 11.9 Å². The molecule has 0 unspecified atom stereocenters. The highest BCUT2D eigenvalue weighted by Crippen LogP contribution is 2.01. The van der Waals surface area contributed by atoms with Crippen molar-refractivity contribution in [3.8, 4) is 0 Å². The highest BCUT2D eigenvalue weighted by atomic mass is 16.5. The molecule has 0 rings (SSSR count). The Hall–Kier alpha value is -1.58. The zero-order valence-electron chi connectivity index (χ0n) is 9.86. The number of esters is 2. The molecule has 0 aromatic rings. The lowest BCUT2D eigenvalue weighted by atomic mass is 10.2. The minimum Gasteiger partial charge on any atom is -0.462 e. The molecule has 0 amide bonds. The minimum absolute atomic E-state index is 0.159. The molecule has 4 nitrogen and oxygen atoms in total. The van der Waals surface area contributed by atoms with E-state index in [1.807, 2.05) is 0 Å². The molecule has 0 fully saturated rings. The summed E-state index contributed by atoms with van der Waals surface area (Å²) >= 11 is 0. The van der Waals surface area contributed by atoms with Gasteiger partial charge in [0, 0.05) is 18.1 Å². The summed E-state index contributed by atoms with van der Waals surface area (Å²) in [5.41, 5.74) is 0. The van der Waals surface area contributed by atoms with Gasteiger partial charge in [-0.2, -0.15) is 0 Å². The summed E-state index contributed by atoms with van der Waals surface area (Å²) in [5, 5.41) is 0. The van der Waals surface area contributed by atoms with Gasteiger partial charge in [-0.05, 0) is 13.8 Å². The number of allylic oxidation sites excluding steroid dienone is 2. The molecule has 0 aromatic carbocycles. The Kier molecular flexibility index (Phi) is 7.85. The predicted molar refractivity (Wildman–Crippen MR) is 60.5 cm³/mol. The number of hydrogen-bond acceptors (Lipinski definition) is 4. The van der Waals surface area contributed by atoms with E-state index in [9.17, 15) is 9.59 Å². The average molecular weight is 225 g/mol. The van der Waals surface area contributed by atoms with E-state index in [4.69, 9.17) is 9.47 Å². The summed E-state index contributed by atoms with van der Waals surface area (Å²) in [4.78, 5) is 21.9. The van der Waals surface area contributed by atoms with E-state index in [1.165, 1.54) is 12.2 Å². The van der Waals surface area contributed by atoms with Gasteiger partial charge in [-0.3, -0.25) is 0 Å². The van der Waals surface area contributed by atoms with Gasteiger partial charge in [-0.25, -0.2) is 9.59 Å². The van der Waals surface area contributed by atoms with Crippen LogP contribution in [0.3, 0.4) is 0 Å². The average Bonchev–Trinajstić information content (AvgIpc) is 2.24. The molecule has 0 aliphatic heterocycles. The second kappa shape index (κ2) is 8.71. The number of hydrogen-bond donors (Lipinski definition) is 0. The van der Waals surface area contributed by atoms with Crippen molar-refractivity contribution in [3.05, 3.63) is 30.2 Å². The third kappa shape index (κ3) is 7.79. The van der Waals surface area contributed by atoms with E-state index in [1.54, 1.807) is 32.9 Å². The van der Waals surface area contributed by atoms with Gasteiger partial charge < -0.3 is 9.47 Å². The van der Waals surface area contributed by atoms with Gasteiger partial charge in [0.15, 0.2) is 0 Å². The summed E-state index contributed by atoms with van der Waals surface area (Å²) in [5.74, 6) is -0.0287. The van der Waals surface area contributed by atoms with Crippen LogP contribution in [0.15, 0.2) is 24.3 Å². The van der Waals surface area contributed by atoms with Crippen LogP contribution in [0.1, 0.15) is 20.8 Å². The smallest absolute Gasteiger partial charge is 0.330 e. The van der Waals surface area contributed by atoms with Crippen molar-refractivity contribution in [1.82, 2.24) is 0 Å². The van der Waals surface area contributed by atoms with Crippen molar-refractivity contribution in [3.63, 3.8) is 0 Å². The van der Waals surface area contributed by atoms with E-state index in [-0.39, 0.29) is 13.2 Å². The first-order valence-corrected chi connectivity index (χ1v) is 5.00. The first-order chi connectivity index (χ1) is 7.60. The summed E-state index contributed by atoms with van der Waals surface area (Å²) < 4.78 is 9.73. The topological polar surface area (TPSA) is 52.6 Å². The van der Waals surface area contributed by atoms with Gasteiger partial charge in [0.2, 0.25) is 0 Å². The zero-order chi connectivity index (χ0) is 12.4. The molecule has 89 valence electrons. The van der Waals surface area contributed by atoms with Crippen LogP contribution in [0.2, 0.25) is 0 Å². The van der Waals surface area contributed by atoms with E-state index in [2.05, 4.69) is 0 Å².